The molecule has 0 aromatic carbocycles. The molecular formula is C59H111N2O6P. The van der Waals surface area contributed by atoms with Crippen molar-refractivity contribution < 1.29 is 32.9 Å². The van der Waals surface area contributed by atoms with Crippen molar-refractivity contribution in [1.82, 2.24) is 5.32 Å². The fourth-order valence-electron chi connectivity index (χ4n) is 8.26. The Labute approximate surface area is 422 Å². The Kier molecular flexibility index (Phi) is 48.8. The number of hydrogen-bond donors (Lipinski definition) is 2. The highest BCUT2D eigenvalue weighted by atomic mass is 31.2. The molecule has 3 unspecified atom stereocenters. The van der Waals surface area contributed by atoms with Crippen molar-refractivity contribution in [2.24, 2.45) is 0 Å². The molecule has 0 aliphatic carbocycles. The van der Waals surface area contributed by atoms with Crippen LogP contribution in [0.1, 0.15) is 258 Å². The maximum Gasteiger partial charge on any atom is 0.268 e. The number of phosphoric ester groups is 1. The van der Waals surface area contributed by atoms with Crippen LogP contribution in [0.5, 0.6) is 0 Å². The number of amides is 1. The number of unbranched alkanes of at least 4 members (excludes halogenated alkanes) is 31. The fraction of sp³-hybridized carbons (Fsp3) is 0.814. The van der Waals surface area contributed by atoms with Gasteiger partial charge in [0.05, 0.1) is 39.9 Å². The van der Waals surface area contributed by atoms with Crippen molar-refractivity contribution in [1.29, 1.82) is 0 Å². The van der Waals surface area contributed by atoms with E-state index in [0.29, 0.717) is 17.4 Å². The molecule has 68 heavy (non-hydrogen) atoms. The zero-order valence-corrected chi connectivity index (χ0v) is 46.2. The van der Waals surface area contributed by atoms with Crippen molar-refractivity contribution >= 4 is 13.7 Å². The highest BCUT2D eigenvalue weighted by molar-refractivity contribution is 7.45. The third-order valence-corrected chi connectivity index (χ3v) is 13.7. The van der Waals surface area contributed by atoms with Crippen LogP contribution < -0.4 is 10.2 Å². The van der Waals surface area contributed by atoms with Gasteiger partial charge in [-0.25, -0.2) is 0 Å². The molecule has 1 amide bonds. The number of carbonyl (C=O) groups excluding carboxylic acids is 1. The van der Waals surface area contributed by atoms with Gasteiger partial charge in [-0.1, -0.05) is 254 Å². The van der Waals surface area contributed by atoms with E-state index in [2.05, 4.69) is 67.8 Å². The van der Waals surface area contributed by atoms with Crippen molar-refractivity contribution in [2.45, 2.75) is 270 Å². The van der Waals surface area contributed by atoms with E-state index in [1.807, 2.05) is 27.2 Å². The summed E-state index contributed by atoms with van der Waals surface area (Å²) < 4.78 is 23.4. The van der Waals surface area contributed by atoms with Crippen molar-refractivity contribution in [3.63, 3.8) is 0 Å². The van der Waals surface area contributed by atoms with Gasteiger partial charge in [0, 0.05) is 6.42 Å². The van der Waals surface area contributed by atoms with Gasteiger partial charge in [-0.3, -0.25) is 9.36 Å². The number of rotatable bonds is 52. The summed E-state index contributed by atoms with van der Waals surface area (Å²) in [7, 11) is 1.26. The average Bonchev–Trinajstić information content (AvgIpc) is 3.30. The molecule has 0 bridgehead atoms. The molecule has 0 spiro atoms. The SMILES string of the molecule is CC/C=C\C/C=C\C/C=C\C/C=C\CCCCCCCCCCCCC(=O)NC(COP(=O)([O-])OCC[N+](C)(C)C)C(O)/C=C/CCCCCCCCCCCCCCCCCCCCCCC. The summed E-state index contributed by atoms with van der Waals surface area (Å²) in [6, 6.07) is -0.892. The Hall–Kier alpha value is -1.80. The van der Waals surface area contributed by atoms with Crippen LogP contribution in [0.15, 0.2) is 60.8 Å². The molecule has 0 heterocycles. The van der Waals surface area contributed by atoms with Crippen LogP contribution >= 0.6 is 7.82 Å². The predicted molar refractivity (Wildman–Crippen MR) is 293 cm³/mol. The lowest BCUT2D eigenvalue weighted by molar-refractivity contribution is -0.870. The Bertz CT molecular complexity index is 1290. The minimum Gasteiger partial charge on any atom is -0.756 e. The van der Waals surface area contributed by atoms with Crippen molar-refractivity contribution in [2.75, 3.05) is 40.9 Å². The number of likely N-dealkylation sites (N-methyl/N-ethyl adjacent to an activating group) is 1. The van der Waals surface area contributed by atoms with Gasteiger partial charge in [0.25, 0.3) is 7.82 Å². The normalized spacial score (nSPS) is 14.4. The maximum atomic E-state index is 13.0. The second-order valence-corrected chi connectivity index (χ2v) is 22.0. The van der Waals surface area contributed by atoms with Gasteiger partial charge in [-0.2, -0.15) is 0 Å². The highest BCUT2D eigenvalue weighted by Gasteiger charge is 2.23. The van der Waals surface area contributed by atoms with E-state index in [0.717, 1.165) is 64.2 Å². The third-order valence-electron chi connectivity index (χ3n) is 12.7. The lowest BCUT2D eigenvalue weighted by atomic mass is 10.0. The lowest BCUT2D eigenvalue weighted by Gasteiger charge is -2.29. The molecule has 2 N–H and O–H groups in total. The predicted octanol–water partition coefficient (Wildman–Crippen LogP) is 16.7. The largest absolute Gasteiger partial charge is 0.756 e. The number of carbonyl (C=O) groups is 1. The summed E-state index contributed by atoms with van der Waals surface area (Å²) >= 11 is 0. The Morgan fingerprint density at radius 2 is 0.897 bits per heavy atom. The van der Waals surface area contributed by atoms with E-state index < -0.39 is 20.0 Å². The molecule has 0 saturated heterocycles. The maximum absolute atomic E-state index is 13.0. The van der Waals surface area contributed by atoms with Gasteiger partial charge in [0.2, 0.25) is 5.91 Å². The Morgan fingerprint density at radius 3 is 1.31 bits per heavy atom. The summed E-state index contributed by atoms with van der Waals surface area (Å²) in [5, 5.41) is 13.9. The molecule has 8 nitrogen and oxygen atoms in total. The average molecular weight is 976 g/mol. The molecule has 9 heteroatoms. The Balaban J connectivity index is 4.24. The molecular weight excluding hydrogens is 864 g/mol. The smallest absolute Gasteiger partial charge is 0.268 e. The van der Waals surface area contributed by atoms with Crippen molar-refractivity contribution in [3.8, 4) is 0 Å². The summed E-state index contributed by atoms with van der Waals surface area (Å²) in [5.74, 6) is -0.202. The zero-order valence-electron chi connectivity index (χ0n) is 45.3. The monoisotopic (exact) mass is 975 g/mol. The minimum atomic E-state index is -4.60. The fourth-order valence-corrected chi connectivity index (χ4v) is 8.99. The number of aliphatic hydroxyl groups is 1. The number of aliphatic hydroxyl groups excluding tert-OH is 1. The summed E-state index contributed by atoms with van der Waals surface area (Å²) in [6.45, 7) is 4.56. The lowest BCUT2D eigenvalue weighted by Crippen LogP contribution is -2.45. The van der Waals surface area contributed by atoms with E-state index >= 15 is 0 Å². The summed E-state index contributed by atoms with van der Waals surface area (Å²) in [4.78, 5) is 25.5. The number of allylic oxidation sites excluding steroid dienone is 9. The van der Waals surface area contributed by atoms with E-state index in [1.54, 1.807) is 6.08 Å². The third kappa shape index (κ3) is 52.0. The van der Waals surface area contributed by atoms with Crippen LogP contribution in [-0.4, -0.2) is 68.5 Å². The first kappa shape index (κ1) is 66.2. The minimum absolute atomic E-state index is 0.00345. The quantitative estimate of drug-likeness (QED) is 0.0272. The zero-order chi connectivity index (χ0) is 49.9. The first-order chi connectivity index (χ1) is 33.0. The molecule has 0 radical (unpaired) electrons. The number of nitrogens with one attached hydrogen (secondary N) is 1. The van der Waals surface area contributed by atoms with E-state index in [-0.39, 0.29) is 19.1 Å². The standard InChI is InChI=1S/C59H111N2O6P/c1-6-8-10-12-14-16-18-20-22-24-26-28-30-32-34-36-38-40-42-44-46-48-50-52-58(62)57(56-67-68(64,65)66-55-54-61(3,4)5)60-59(63)53-51-49-47-45-43-41-39-37-35-33-31-29-27-25-23-21-19-17-15-13-11-9-7-2/h9,11,15,17,21,23,27,29,50,52,57-58,62H,6-8,10,12-14,16,18-20,22,24-26,28,30-49,51,53-56H2,1-5H3,(H-,60,63,64,65)/b11-9-,17-15-,23-21-,29-27-,52-50+. The van der Waals surface area contributed by atoms with Gasteiger partial charge in [0.1, 0.15) is 13.2 Å². The second kappa shape index (κ2) is 50.2. The molecule has 398 valence electrons. The second-order valence-electron chi connectivity index (χ2n) is 20.6. The van der Waals surface area contributed by atoms with Crippen LogP contribution in [0.2, 0.25) is 0 Å². The van der Waals surface area contributed by atoms with Gasteiger partial charge in [-0.05, 0) is 57.8 Å². The van der Waals surface area contributed by atoms with E-state index in [4.69, 9.17) is 9.05 Å². The molecule has 0 aromatic rings. The number of quaternary nitrogens is 1. The van der Waals surface area contributed by atoms with Gasteiger partial charge < -0.3 is 28.8 Å². The number of phosphoric acid groups is 1. The van der Waals surface area contributed by atoms with E-state index in [9.17, 15) is 19.4 Å². The highest BCUT2D eigenvalue weighted by Crippen LogP contribution is 2.38. The van der Waals surface area contributed by atoms with Gasteiger partial charge in [-0.15, -0.1) is 0 Å². The summed E-state index contributed by atoms with van der Waals surface area (Å²) in [6.07, 6.45) is 67.2. The van der Waals surface area contributed by atoms with E-state index in [1.165, 1.54) is 173 Å². The first-order valence-electron chi connectivity index (χ1n) is 28.7. The van der Waals surface area contributed by atoms with Crippen LogP contribution in [0.25, 0.3) is 0 Å². The van der Waals surface area contributed by atoms with Crippen molar-refractivity contribution in [3.05, 3.63) is 60.8 Å². The van der Waals surface area contributed by atoms with Gasteiger partial charge in [0.15, 0.2) is 0 Å². The van der Waals surface area contributed by atoms with Crippen LogP contribution in [0.4, 0.5) is 0 Å². The van der Waals surface area contributed by atoms with Gasteiger partial charge >= 0.3 is 0 Å². The van der Waals surface area contributed by atoms with Crippen LogP contribution in [-0.2, 0) is 18.4 Å². The molecule has 0 aliphatic heterocycles. The molecule has 0 fully saturated rings. The molecule has 0 saturated carbocycles. The van der Waals surface area contributed by atoms with Crippen LogP contribution in [0, 0.1) is 0 Å². The molecule has 3 atom stereocenters. The summed E-state index contributed by atoms with van der Waals surface area (Å²) in [5.41, 5.74) is 0. The topological polar surface area (TPSA) is 108 Å². The number of hydrogen-bond acceptors (Lipinski definition) is 6. The molecule has 0 aromatic heterocycles. The first-order valence-corrected chi connectivity index (χ1v) is 30.1. The number of nitrogens with zero attached hydrogens (tertiary/aromatic N) is 1. The van der Waals surface area contributed by atoms with Crippen LogP contribution in [0.3, 0.4) is 0 Å². The molecule has 0 aliphatic rings. The Morgan fingerprint density at radius 1 is 0.529 bits per heavy atom. The molecule has 0 rings (SSSR count).